The van der Waals surface area contributed by atoms with E-state index in [0.717, 1.165) is 44.3 Å². The topological polar surface area (TPSA) is 52.6 Å². The van der Waals surface area contributed by atoms with Gasteiger partial charge in [-0.25, -0.2) is 0 Å². The molecule has 4 aliphatic carbocycles. The highest BCUT2D eigenvalue weighted by atomic mass is 16.6. The summed E-state index contributed by atoms with van der Waals surface area (Å²) in [5, 5.41) is 0. The summed E-state index contributed by atoms with van der Waals surface area (Å²) in [6, 6.07) is 0. The van der Waals surface area contributed by atoms with Crippen molar-refractivity contribution >= 4 is 11.8 Å². The fourth-order valence-corrected chi connectivity index (χ4v) is 7.52. The first-order chi connectivity index (χ1) is 13.2. The third-order valence-corrected chi connectivity index (χ3v) is 9.00. The average molecular weight is 387 g/mol. The van der Waals surface area contributed by atoms with E-state index in [-0.39, 0.29) is 22.6 Å². The van der Waals surface area contributed by atoms with Crippen molar-refractivity contribution < 1.29 is 19.1 Å². The lowest BCUT2D eigenvalue weighted by Crippen LogP contribution is -2.58. The molecule has 0 aliphatic heterocycles. The number of fused-ring (bicyclic) bond motifs is 5. The van der Waals surface area contributed by atoms with E-state index in [4.69, 9.17) is 9.47 Å². The Morgan fingerprint density at radius 3 is 2.43 bits per heavy atom. The molecule has 0 radical (unpaired) electrons. The summed E-state index contributed by atoms with van der Waals surface area (Å²) in [5.41, 5.74) is 0.441. The molecule has 0 aromatic rings. The lowest BCUT2D eigenvalue weighted by atomic mass is 9.47. The lowest BCUT2D eigenvalue weighted by molar-refractivity contribution is -0.186. The standard InChI is InChI=1S/C24H34O4/c1-15(25)24(28-16(2)26)13-10-21-19-7-6-17-14-18(27-5)8-11-22(17,3)20(19)9-12-23(21,24)4/h6,14,19-21H,7-13H2,1-5H3. The average Bonchev–Trinajstić information content (AvgIpc) is 2.94. The van der Waals surface area contributed by atoms with Crippen LogP contribution >= 0.6 is 0 Å². The van der Waals surface area contributed by atoms with E-state index in [1.54, 1.807) is 14.0 Å². The molecule has 0 aromatic carbocycles. The summed E-state index contributed by atoms with van der Waals surface area (Å²) < 4.78 is 11.4. The van der Waals surface area contributed by atoms with Crippen LogP contribution in [0.1, 0.15) is 72.6 Å². The number of allylic oxidation sites excluding steroid dienone is 4. The van der Waals surface area contributed by atoms with Gasteiger partial charge in [-0.2, -0.15) is 0 Å². The quantitative estimate of drug-likeness (QED) is 0.642. The van der Waals surface area contributed by atoms with Crippen molar-refractivity contribution in [2.45, 2.75) is 78.2 Å². The highest BCUT2D eigenvalue weighted by Crippen LogP contribution is 2.67. The van der Waals surface area contributed by atoms with Gasteiger partial charge < -0.3 is 9.47 Å². The van der Waals surface area contributed by atoms with Gasteiger partial charge in [-0.15, -0.1) is 0 Å². The molecule has 0 bridgehead atoms. The number of esters is 1. The van der Waals surface area contributed by atoms with E-state index in [1.165, 1.54) is 12.5 Å². The molecule has 154 valence electrons. The first-order valence-corrected chi connectivity index (χ1v) is 10.8. The molecule has 28 heavy (non-hydrogen) atoms. The highest BCUT2D eigenvalue weighted by molar-refractivity contribution is 5.89. The molecule has 2 fully saturated rings. The smallest absolute Gasteiger partial charge is 0.303 e. The van der Waals surface area contributed by atoms with Gasteiger partial charge in [0.25, 0.3) is 0 Å². The summed E-state index contributed by atoms with van der Waals surface area (Å²) in [6.45, 7) is 7.70. The molecule has 4 aliphatic rings. The van der Waals surface area contributed by atoms with Crippen molar-refractivity contribution in [3.8, 4) is 0 Å². The number of hydrogen-bond acceptors (Lipinski definition) is 4. The minimum atomic E-state index is -0.935. The third-order valence-electron chi connectivity index (χ3n) is 9.00. The lowest BCUT2D eigenvalue weighted by Gasteiger charge is -2.58. The van der Waals surface area contributed by atoms with Gasteiger partial charge in [0.05, 0.1) is 12.9 Å². The Morgan fingerprint density at radius 2 is 1.79 bits per heavy atom. The predicted octanol–water partition coefficient (Wildman–Crippen LogP) is 4.98. The summed E-state index contributed by atoms with van der Waals surface area (Å²) in [4.78, 5) is 24.7. The largest absolute Gasteiger partial charge is 0.501 e. The van der Waals surface area contributed by atoms with Crippen molar-refractivity contribution in [2.24, 2.45) is 28.6 Å². The first kappa shape index (κ1) is 19.7. The normalized spacial score (nSPS) is 44.4. The van der Waals surface area contributed by atoms with Crippen LogP contribution in [0.25, 0.3) is 0 Å². The Balaban J connectivity index is 1.71. The van der Waals surface area contributed by atoms with Crippen LogP contribution in [0, 0.1) is 28.6 Å². The van der Waals surface area contributed by atoms with Crippen LogP contribution in [0.3, 0.4) is 0 Å². The number of rotatable bonds is 3. The number of carbonyl (C=O) groups excluding carboxylic acids is 2. The molecule has 2 saturated carbocycles. The number of ketones is 1. The molecule has 0 N–H and O–H groups in total. The molecule has 4 nitrogen and oxygen atoms in total. The van der Waals surface area contributed by atoms with Gasteiger partial charge in [0.2, 0.25) is 0 Å². The second-order valence-corrected chi connectivity index (χ2v) is 9.98. The second-order valence-electron chi connectivity index (χ2n) is 9.98. The molecule has 6 atom stereocenters. The molecule has 0 aromatic heterocycles. The summed E-state index contributed by atoms with van der Waals surface area (Å²) in [5.74, 6) is 2.39. The minimum absolute atomic E-state index is 0.0229. The molecule has 0 saturated heterocycles. The summed E-state index contributed by atoms with van der Waals surface area (Å²) in [6.07, 6.45) is 11.6. The maximum absolute atomic E-state index is 12.8. The fourth-order valence-electron chi connectivity index (χ4n) is 7.52. The predicted molar refractivity (Wildman–Crippen MR) is 107 cm³/mol. The molecule has 0 heterocycles. The van der Waals surface area contributed by atoms with Crippen LogP contribution in [-0.2, 0) is 19.1 Å². The van der Waals surface area contributed by atoms with Crippen LogP contribution in [0.15, 0.2) is 23.5 Å². The van der Waals surface area contributed by atoms with Gasteiger partial charge >= 0.3 is 5.97 Å². The van der Waals surface area contributed by atoms with Crippen LogP contribution in [-0.4, -0.2) is 24.5 Å². The monoisotopic (exact) mass is 386 g/mol. The molecular weight excluding hydrogens is 352 g/mol. The van der Waals surface area contributed by atoms with E-state index < -0.39 is 5.60 Å². The number of Topliss-reactive ketones (excluding diaryl/α,β-unsaturated/α-hetero) is 1. The maximum Gasteiger partial charge on any atom is 0.303 e. The second kappa shape index (κ2) is 6.47. The van der Waals surface area contributed by atoms with E-state index in [1.807, 2.05) is 0 Å². The molecule has 0 spiro atoms. The molecule has 0 amide bonds. The van der Waals surface area contributed by atoms with Gasteiger partial charge in [0, 0.05) is 18.8 Å². The van der Waals surface area contributed by atoms with Gasteiger partial charge in [-0.05, 0) is 80.3 Å². The Kier molecular flexibility index (Phi) is 4.55. The van der Waals surface area contributed by atoms with Crippen molar-refractivity contribution in [1.82, 2.24) is 0 Å². The molecule has 4 heteroatoms. The Bertz CT molecular complexity index is 765. The van der Waals surface area contributed by atoms with E-state index in [9.17, 15) is 9.59 Å². The zero-order valence-electron chi connectivity index (χ0n) is 18.0. The number of carbonyl (C=O) groups is 2. The Hall–Kier alpha value is -1.58. The molecule has 6 unspecified atom stereocenters. The van der Waals surface area contributed by atoms with E-state index in [2.05, 4.69) is 26.0 Å². The maximum atomic E-state index is 12.8. The van der Waals surface area contributed by atoms with Crippen molar-refractivity contribution in [3.05, 3.63) is 23.5 Å². The van der Waals surface area contributed by atoms with Gasteiger partial charge in [-0.1, -0.05) is 19.9 Å². The fraction of sp³-hybridized carbons (Fsp3) is 0.750. The third kappa shape index (κ3) is 2.48. The first-order valence-electron chi connectivity index (χ1n) is 10.8. The van der Waals surface area contributed by atoms with Gasteiger partial charge in [0.15, 0.2) is 11.4 Å². The van der Waals surface area contributed by atoms with Crippen molar-refractivity contribution in [1.29, 1.82) is 0 Å². The van der Waals surface area contributed by atoms with Crippen LogP contribution in [0.5, 0.6) is 0 Å². The van der Waals surface area contributed by atoms with Gasteiger partial charge in [0.1, 0.15) is 0 Å². The minimum Gasteiger partial charge on any atom is -0.501 e. The van der Waals surface area contributed by atoms with Crippen LogP contribution in [0.4, 0.5) is 0 Å². The Morgan fingerprint density at radius 1 is 1.07 bits per heavy atom. The van der Waals surface area contributed by atoms with Crippen LogP contribution in [0.2, 0.25) is 0 Å². The zero-order valence-corrected chi connectivity index (χ0v) is 18.0. The number of ether oxygens (including phenoxy) is 2. The van der Waals surface area contributed by atoms with Crippen molar-refractivity contribution in [2.75, 3.05) is 7.11 Å². The SMILES string of the molecule is COC1=CC2=CCC3C(CCC4(C)C3CCC4(OC(C)=O)C(C)=O)C2(C)CC1. The van der Waals surface area contributed by atoms with Gasteiger partial charge in [-0.3, -0.25) is 9.59 Å². The number of methoxy groups -OCH3 is 1. The highest BCUT2D eigenvalue weighted by Gasteiger charge is 2.67. The molecule has 4 rings (SSSR count). The summed E-state index contributed by atoms with van der Waals surface area (Å²) >= 11 is 0. The van der Waals surface area contributed by atoms with E-state index >= 15 is 0 Å². The Labute approximate surface area is 168 Å². The zero-order chi connectivity index (χ0) is 20.3. The van der Waals surface area contributed by atoms with E-state index in [0.29, 0.717) is 24.2 Å². The van der Waals surface area contributed by atoms with Crippen molar-refractivity contribution in [3.63, 3.8) is 0 Å². The number of hydrogen-bond donors (Lipinski definition) is 0. The van der Waals surface area contributed by atoms with Crippen LogP contribution < -0.4 is 0 Å². The summed E-state index contributed by atoms with van der Waals surface area (Å²) in [7, 11) is 1.77. The molecular formula is C24H34O4.